The van der Waals surface area contributed by atoms with E-state index in [0.29, 0.717) is 25.7 Å². The Morgan fingerprint density at radius 3 is 2.53 bits per heavy atom. The second kappa shape index (κ2) is 6.97. The van der Waals surface area contributed by atoms with Gasteiger partial charge in [-0.25, -0.2) is 4.68 Å². The van der Waals surface area contributed by atoms with Crippen molar-refractivity contribution in [3.63, 3.8) is 0 Å². The van der Waals surface area contributed by atoms with E-state index in [0.717, 1.165) is 18.6 Å². The van der Waals surface area contributed by atoms with Crippen LogP contribution in [0, 0.1) is 17.3 Å². The molecule has 6 nitrogen and oxygen atoms in total. The van der Waals surface area contributed by atoms with Gasteiger partial charge in [0, 0.05) is 17.1 Å². The third kappa shape index (κ3) is 3.29. The molecule has 4 saturated carbocycles. The maximum absolute atomic E-state index is 13.2. The first-order valence-corrected chi connectivity index (χ1v) is 10.8. The van der Waals surface area contributed by atoms with Crippen LogP contribution in [-0.2, 0) is 16.5 Å². The monoisotopic (exact) mass is 466 g/mol. The Bertz CT molecular complexity index is 1150. The molecule has 0 aliphatic heterocycles. The number of benzene rings is 1. The maximum atomic E-state index is 13.2. The molecule has 32 heavy (non-hydrogen) atoms. The van der Waals surface area contributed by atoms with E-state index in [1.807, 2.05) is 0 Å². The highest BCUT2D eigenvalue weighted by molar-refractivity contribution is 6.33. The maximum Gasteiger partial charge on any atom is 0.416 e. The average molecular weight is 467 g/mol. The fourth-order valence-corrected chi connectivity index (χ4v) is 6.66. The fraction of sp³-hybridized carbons (Fsp3) is 0.500. The smallest absolute Gasteiger partial charge is 0.416 e. The first-order valence-electron chi connectivity index (χ1n) is 10.5. The number of carbonyl (C=O) groups is 1. The molecule has 4 bridgehead atoms. The van der Waals surface area contributed by atoms with Crippen molar-refractivity contribution in [1.82, 2.24) is 9.78 Å². The summed E-state index contributed by atoms with van der Waals surface area (Å²) in [6.45, 7) is 0. The molecule has 4 aliphatic carbocycles. The zero-order chi connectivity index (χ0) is 22.9. The van der Waals surface area contributed by atoms with E-state index in [9.17, 15) is 27.9 Å². The molecule has 10 heteroatoms. The van der Waals surface area contributed by atoms with Gasteiger partial charge in [0.1, 0.15) is 5.02 Å². The van der Waals surface area contributed by atoms with E-state index in [2.05, 4.69) is 10.4 Å². The van der Waals surface area contributed by atoms with E-state index >= 15 is 0 Å². The summed E-state index contributed by atoms with van der Waals surface area (Å²) in [5.74, 6) is -0.702. The number of nitrogens with zero attached hydrogens (tertiary/aromatic N) is 2. The molecule has 4 atom stereocenters. The molecule has 170 valence electrons. The van der Waals surface area contributed by atoms with Gasteiger partial charge in [0.15, 0.2) is 0 Å². The second-order valence-corrected chi connectivity index (χ2v) is 9.92. The molecule has 0 amide bonds. The van der Waals surface area contributed by atoms with E-state index in [1.54, 1.807) is 0 Å². The Hall–Kier alpha value is -2.55. The highest BCUT2D eigenvalue weighted by atomic mass is 35.5. The molecule has 6 rings (SSSR count). The lowest BCUT2D eigenvalue weighted by Gasteiger charge is -2.62. The zero-order valence-electron chi connectivity index (χ0n) is 16.9. The third-order valence-corrected chi connectivity index (χ3v) is 7.67. The highest BCUT2D eigenvalue weighted by Crippen LogP contribution is 2.63. The van der Waals surface area contributed by atoms with Crippen molar-refractivity contribution in [3.05, 3.63) is 51.4 Å². The van der Waals surface area contributed by atoms with Gasteiger partial charge in [-0.05, 0) is 68.6 Å². The number of aliphatic carboxylic acids is 1. The van der Waals surface area contributed by atoms with Gasteiger partial charge < -0.3 is 15.2 Å². The molecule has 4 aliphatic rings. The summed E-state index contributed by atoms with van der Waals surface area (Å²) in [6.07, 6.45) is 0.457. The summed E-state index contributed by atoms with van der Waals surface area (Å²) >= 11 is 6.33. The first kappa shape index (κ1) is 21.3. The van der Waals surface area contributed by atoms with Gasteiger partial charge in [-0.2, -0.15) is 18.3 Å². The molecule has 0 radical (unpaired) electrons. The van der Waals surface area contributed by atoms with Crippen LogP contribution in [0.25, 0.3) is 0 Å². The van der Waals surface area contributed by atoms with Crippen LogP contribution in [0.3, 0.4) is 0 Å². The minimum atomic E-state index is -4.50. The Morgan fingerprint density at radius 1 is 1.22 bits per heavy atom. The van der Waals surface area contributed by atoms with Gasteiger partial charge in [-0.1, -0.05) is 17.7 Å². The Labute approximate surface area is 186 Å². The van der Waals surface area contributed by atoms with Gasteiger partial charge in [-0.15, -0.1) is 0 Å². The average Bonchev–Trinajstić information content (AvgIpc) is 2.70. The summed E-state index contributed by atoms with van der Waals surface area (Å²) < 4.78 is 40.3. The van der Waals surface area contributed by atoms with Gasteiger partial charge in [0.05, 0.1) is 23.0 Å². The van der Waals surface area contributed by atoms with E-state index in [-0.39, 0.29) is 34.7 Å². The van der Waals surface area contributed by atoms with E-state index in [4.69, 9.17) is 11.6 Å². The van der Waals surface area contributed by atoms with Crippen molar-refractivity contribution in [2.24, 2.45) is 17.3 Å². The normalized spacial score (nSPS) is 31.0. The number of carbonyl (C=O) groups excluding carboxylic acids is 1. The molecule has 2 aromatic rings. The topological polar surface area (TPSA) is 87.0 Å². The number of hydrogen-bond donors (Lipinski definition) is 1. The van der Waals surface area contributed by atoms with Crippen molar-refractivity contribution >= 4 is 28.9 Å². The lowest BCUT2D eigenvalue weighted by molar-refractivity contribution is -0.329. The van der Waals surface area contributed by atoms with Crippen LogP contribution in [0.5, 0.6) is 0 Å². The van der Waals surface area contributed by atoms with Crippen molar-refractivity contribution in [1.29, 1.82) is 0 Å². The van der Waals surface area contributed by atoms with Crippen LogP contribution in [0.4, 0.5) is 24.5 Å². The van der Waals surface area contributed by atoms with Gasteiger partial charge >= 0.3 is 6.18 Å². The predicted octanol–water partition coefficient (Wildman–Crippen LogP) is 3.70. The molecule has 4 fully saturated rings. The zero-order valence-corrected chi connectivity index (χ0v) is 17.7. The van der Waals surface area contributed by atoms with Crippen LogP contribution in [-0.4, -0.2) is 15.7 Å². The molecular weight excluding hydrogens is 447 g/mol. The summed E-state index contributed by atoms with van der Waals surface area (Å²) in [5.41, 5.74) is -2.90. The quantitative estimate of drug-likeness (QED) is 0.742. The first-order chi connectivity index (χ1) is 15.0. The molecule has 0 saturated heterocycles. The largest absolute Gasteiger partial charge is 0.550 e. The van der Waals surface area contributed by atoms with Crippen LogP contribution >= 0.6 is 11.6 Å². The van der Waals surface area contributed by atoms with Crippen molar-refractivity contribution in [2.45, 2.75) is 50.2 Å². The lowest BCUT2D eigenvalue weighted by atomic mass is 9.47. The van der Waals surface area contributed by atoms with Gasteiger partial charge in [0.2, 0.25) is 0 Å². The summed E-state index contributed by atoms with van der Waals surface area (Å²) in [7, 11) is 0. The summed E-state index contributed by atoms with van der Waals surface area (Å²) in [5, 5.41) is 18.8. The minimum Gasteiger partial charge on any atom is -0.550 e. The number of hydrogen-bond acceptors (Lipinski definition) is 5. The number of anilines is 2. The number of rotatable bonds is 4. The van der Waals surface area contributed by atoms with Crippen LogP contribution < -0.4 is 16.0 Å². The second-order valence-electron chi connectivity index (χ2n) is 9.55. The molecule has 1 heterocycles. The van der Waals surface area contributed by atoms with Crippen LogP contribution in [0.1, 0.15) is 44.1 Å². The SMILES string of the molecule is O=C([O-])C12C[C@H]3C[C@@H](C1)CC(n1ncc(Nc4cccc(C(F)(F)F)c4)c(Cl)c1=O)(C3)C2. The number of aromatic nitrogens is 2. The van der Waals surface area contributed by atoms with Gasteiger partial charge in [0.25, 0.3) is 5.56 Å². The molecule has 1 aromatic heterocycles. The molecule has 0 spiro atoms. The van der Waals surface area contributed by atoms with Crippen molar-refractivity contribution < 1.29 is 23.1 Å². The number of nitrogens with one attached hydrogen (secondary N) is 1. The van der Waals surface area contributed by atoms with Crippen molar-refractivity contribution in [3.8, 4) is 0 Å². The lowest BCUT2D eigenvalue weighted by Crippen LogP contribution is -2.63. The Kier molecular flexibility index (Phi) is 4.64. The minimum absolute atomic E-state index is 0.0894. The van der Waals surface area contributed by atoms with Crippen LogP contribution in [0.15, 0.2) is 35.3 Å². The fourth-order valence-electron chi connectivity index (χ4n) is 6.49. The number of alkyl halides is 3. The highest BCUT2D eigenvalue weighted by Gasteiger charge is 2.60. The number of carboxylic acids is 1. The summed E-state index contributed by atoms with van der Waals surface area (Å²) in [6, 6.07) is 4.55. The molecule has 1 aromatic carbocycles. The molecule has 2 unspecified atom stereocenters. The third-order valence-electron chi connectivity index (χ3n) is 7.30. The standard InChI is InChI=1S/C22H21ClF3N3O3/c23-17-16(28-15-3-1-2-14(5-15)22(24,25)26)10-27-29(18(17)30)21-8-12-4-13(9-21)7-20(6-12,11-21)19(31)32/h1-3,5,10,12-13,28H,4,6-9,11H2,(H,31,32)/p-1/t12-,13+,20?,21?. The molecular formula is C22H20ClF3N3O3-. The number of halogens is 4. The number of carboxylic acid groups (broad SMARTS) is 1. The van der Waals surface area contributed by atoms with Crippen LogP contribution in [0.2, 0.25) is 5.02 Å². The Morgan fingerprint density at radius 2 is 1.91 bits per heavy atom. The Balaban J connectivity index is 1.49. The van der Waals surface area contributed by atoms with Gasteiger partial charge in [-0.3, -0.25) is 4.79 Å². The van der Waals surface area contributed by atoms with Crippen molar-refractivity contribution in [2.75, 3.05) is 5.32 Å². The predicted molar refractivity (Wildman–Crippen MR) is 108 cm³/mol. The van der Waals surface area contributed by atoms with E-state index in [1.165, 1.54) is 23.0 Å². The van der Waals surface area contributed by atoms with E-state index < -0.39 is 34.2 Å². The summed E-state index contributed by atoms with van der Waals surface area (Å²) in [4.78, 5) is 25.2. The molecule has 1 N–H and O–H groups in total.